The number of thiophene rings is 1. The molecule has 3 rings (SSSR count). The van der Waals surface area contributed by atoms with E-state index in [1.807, 2.05) is 32.9 Å². The van der Waals surface area contributed by atoms with Gasteiger partial charge in [-0.2, -0.15) is 0 Å². The average molecular weight is 393 g/mol. The van der Waals surface area contributed by atoms with Crippen molar-refractivity contribution in [2.75, 3.05) is 16.2 Å². The fourth-order valence-corrected chi connectivity index (χ4v) is 5.42. The summed E-state index contributed by atoms with van der Waals surface area (Å²) in [5.74, 6) is -0.0308. The number of nitrogens with one attached hydrogen (secondary N) is 1. The topological polar surface area (TPSA) is 66.5 Å². The van der Waals surface area contributed by atoms with Crippen molar-refractivity contribution in [3.05, 3.63) is 40.8 Å². The first-order valence-corrected chi connectivity index (χ1v) is 11.2. The van der Waals surface area contributed by atoms with Gasteiger partial charge >= 0.3 is 0 Å². The standard InChI is InChI=1S/C19H24N2O3S2/c1-4-16-9-10-18(25-16)26(23,24)20-15-8-7-14-6-5-11-21(17(14)12-15)19(22)13(2)3/h7-10,12-13,20H,4-6,11H2,1-3H3. The number of amides is 1. The van der Waals surface area contributed by atoms with Crippen molar-refractivity contribution in [1.29, 1.82) is 0 Å². The van der Waals surface area contributed by atoms with Crippen molar-refractivity contribution in [2.45, 2.75) is 44.2 Å². The molecule has 0 saturated heterocycles. The number of hydrogen-bond donors (Lipinski definition) is 1. The highest BCUT2D eigenvalue weighted by Gasteiger charge is 2.25. The Labute approximate surface area is 159 Å². The molecule has 2 aromatic rings. The first-order valence-electron chi connectivity index (χ1n) is 8.87. The molecule has 1 aromatic carbocycles. The van der Waals surface area contributed by atoms with E-state index in [4.69, 9.17) is 0 Å². The van der Waals surface area contributed by atoms with Gasteiger partial charge in [-0.3, -0.25) is 9.52 Å². The molecular formula is C19H24N2O3S2. The molecule has 26 heavy (non-hydrogen) atoms. The van der Waals surface area contributed by atoms with Crippen LogP contribution in [0.3, 0.4) is 0 Å². The molecule has 0 saturated carbocycles. The lowest BCUT2D eigenvalue weighted by molar-refractivity contribution is -0.121. The molecule has 0 spiro atoms. The summed E-state index contributed by atoms with van der Waals surface area (Å²) in [7, 11) is -3.62. The van der Waals surface area contributed by atoms with Gasteiger partial charge in [0.2, 0.25) is 5.91 Å². The molecule has 0 bridgehead atoms. The summed E-state index contributed by atoms with van der Waals surface area (Å²) in [6.07, 6.45) is 2.63. The van der Waals surface area contributed by atoms with Gasteiger partial charge in [-0.25, -0.2) is 8.42 Å². The third-order valence-electron chi connectivity index (χ3n) is 4.47. The van der Waals surface area contributed by atoms with E-state index in [9.17, 15) is 13.2 Å². The normalized spacial score (nSPS) is 14.4. The van der Waals surface area contributed by atoms with Gasteiger partial charge in [-0.15, -0.1) is 11.3 Å². The molecule has 0 radical (unpaired) electrons. The molecule has 0 aliphatic carbocycles. The summed E-state index contributed by atoms with van der Waals surface area (Å²) in [5, 5.41) is 0. The lowest BCUT2D eigenvalue weighted by atomic mass is 9.99. The molecule has 1 amide bonds. The van der Waals surface area contributed by atoms with Crippen LogP contribution in [0, 0.1) is 5.92 Å². The van der Waals surface area contributed by atoms with Gasteiger partial charge in [-0.05, 0) is 49.1 Å². The summed E-state index contributed by atoms with van der Waals surface area (Å²) >= 11 is 1.28. The van der Waals surface area contributed by atoms with Crippen LogP contribution in [0.25, 0.3) is 0 Å². The Balaban J connectivity index is 1.90. The maximum absolute atomic E-state index is 12.6. The first-order chi connectivity index (χ1) is 12.3. The Kier molecular flexibility index (Phi) is 5.39. The van der Waals surface area contributed by atoms with Crippen LogP contribution in [0.15, 0.2) is 34.5 Å². The largest absolute Gasteiger partial charge is 0.312 e. The highest BCUT2D eigenvalue weighted by molar-refractivity contribution is 7.94. The van der Waals surface area contributed by atoms with E-state index in [1.165, 1.54) is 11.3 Å². The Morgan fingerprint density at radius 2 is 2.04 bits per heavy atom. The average Bonchev–Trinajstić information content (AvgIpc) is 3.10. The lowest BCUT2D eigenvalue weighted by Crippen LogP contribution is -2.38. The molecule has 7 heteroatoms. The van der Waals surface area contributed by atoms with Crippen molar-refractivity contribution in [3.8, 4) is 0 Å². The molecule has 0 fully saturated rings. The minimum atomic E-state index is -3.62. The van der Waals surface area contributed by atoms with Gasteiger partial charge in [0.05, 0.1) is 5.69 Å². The Bertz CT molecular complexity index is 917. The Hall–Kier alpha value is -1.86. The number of hydrogen-bond acceptors (Lipinski definition) is 4. The fraction of sp³-hybridized carbons (Fsp3) is 0.421. The second kappa shape index (κ2) is 7.40. The number of nitrogens with zero attached hydrogens (tertiary/aromatic N) is 1. The van der Waals surface area contributed by atoms with Crippen LogP contribution < -0.4 is 9.62 Å². The number of benzene rings is 1. The van der Waals surface area contributed by atoms with Crippen molar-refractivity contribution < 1.29 is 13.2 Å². The van der Waals surface area contributed by atoms with Crippen LogP contribution in [0.4, 0.5) is 11.4 Å². The summed E-state index contributed by atoms with van der Waals surface area (Å²) in [4.78, 5) is 15.3. The van der Waals surface area contributed by atoms with Gasteiger partial charge in [-0.1, -0.05) is 26.8 Å². The predicted molar refractivity (Wildman–Crippen MR) is 106 cm³/mol. The first kappa shape index (κ1) is 18.9. The number of carbonyl (C=O) groups excluding carboxylic acids is 1. The zero-order valence-corrected chi connectivity index (χ0v) is 16.9. The minimum absolute atomic E-state index is 0.0665. The van der Waals surface area contributed by atoms with E-state index >= 15 is 0 Å². The highest BCUT2D eigenvalue weighted by atomic mass is 32.2. The summed E-state index contributed by atoms with van der Waals surface area (Å²) in [6, 6.07) is 8.95. The highest BCUT2D eigenvalue weighted by Crippen LogP contribution is 2.32. The molecule has 1 aliphatic heterocycles. The van der Waals surface area contributed by atoms with E-state index in [1.54, 1.807) is 23.1 Å². The molecule has 140 valence electrons. The summed E-state index contributed by atoms with van der Waals surface area (Å²) in [6.45, 7) is 6.43. The van der Waals surface area contributed by atoms with Crippen LogP contribution in [-0.4, -0.2) is 20.9 Å². The fourth-order valence-electron chi connectivity index (χ4n) is 3.08. The monoisotopic (exact) mass is 392 g/mol. The molecule has 0 unspecified atom stereocenters. The maximum Gasteiger partial charge on any atom is 0.271 e. The van der Waals surface area contributed by atoms with Crippen molar-refractivity contribution in [1.82, 2.24) is 0 Å². The number of carbonyl (C=O) groups is 1. The zero-order valence-electron chi connectivity index (χ0n) is 15.3. The third kappa shape index (κ3) is 3.78. The third-order valence-corrected chi connectivity index (χ3v) is 7.57. The van der Waals surface area contributed by atoms with Gasteiger partial charge < -0.3 is 4.90 Å². The minimum Gasteiger partial charge on any atom is -0.312 e. The van der Waals surface area contributed by atoms with Gasteiger partial charge in [0, 0.05) is 23.0 Å². The van der Waals surface area contributed by atoms with E-state index in [0.29, 0.717) is 16.4 Å². The number of sulfonamides is 1. The molecular weight excluding hydrogens is 368 g/mol. The SMILES string of the molecule is CCc1ccc(S(=O)(=O)Nc2ccc3c(c2)N(C(=O)C(C)C)CCC3)s1. The van der Waals surface area contributed by atoms with E-state index in [-0.39, 0.29) is 11.8 Å². The molecule has 0 atom stereocenters. The number of aryl methyl sites for hydroxylation is 2. The summed E-state index contributed by atoms with van der Waals surface area (Å²) in [5.41, 5.74) is 2.38. The predicted octanol–water partition coefficient (Wildman–Crippen LogP) is 4.05. The Morgan fingerprint density at radius 1 is 1.27 bits per heavy atom. The smallest absolute Gasteiger partial charge is 0.271 e. The quantitative estimate of drug-likeness (QED) is 0.835. The van der Waals surface area contributed by atoms with Gasteiger partial charge in [0.25, 0.3) is 10.0 Å². The lowest BCUT2D eigenvalue weighted by Gasteiger charge is -2.31. The second-order valence-electron chi connectivity index (χ2n) is 6.77. The Morgan fingerprint density at radius 3 is 2.69 bits per heavy atom. The van der Waals surface area contributed by atoms with E-state index < -0.39 is 10.0 Å². The van der Waals surface area contributed by atoms with Gasteiger partial charge in [0.1, 0.15) is 4.21 Å². The van der Waals surface area contributed by atoms with Crippen LogP contribution >= 0.6 is 11.3 Å². The second-order valence-corrected chi connectivity index (χ2v) is 9.85. The summed E-state index contributed by atoms with van der Waals surface area (Å²) < 4.78 is 28.2. The molecule has 1 aromatic heterocycles. The number of rotatable bonds is 5. The molecule has 1 N–H and O–H groups in total. The maximum atomic E-state index is 12.6. The zero-order chi connectivity index (χ0) is 18.9. The van der Waals surface area contributed by atoms with Crippen LogP contribution in [0.1, 0.15) is 37.6 Å². The van der Waals surface area contributed by atoms with Crippen LogP contribution in [0.2, 0.25) is 0 Å². The van der Waals surface area contributed by atoms with Crippen molar-refractivity contribution in [3.63, 3.8) is 0 Å². The molecule has 2 heterocycles. The molecule has 1 aliphatic rings. The van der Waals surface area contributed by atoms with E-state index in [0.717, 1.165) is 35.4 Å². The number of fused-ring (bicyclic) bond motifs is 1. The van der Waals surface area contributed by atoms with Crippen molar-refractivity contribution in [2.24, 2.45) is 5.92 Å². The van der Waals surface area contributed by atoms with E-state index in [2.05, 4.69) is 4.72 Å². The van der Waals surface area contributed by atoms with Crippen LogP contribution in [-0.2, 0) is 27.7 Å². The van der Waals surface area contributed by atoms with Crippen molar-refractivity contribution >= 4 is 38.6 Å². The van der Waals surface area contributed by atoms with Crippen LogP contribution in [0.5, 0.6) is 0 Å². The molecule has 5 nitrogen and oxygen atoms in total. The number of anilines is 2. The van der Waals surface area contributed by atoms with Gasteiger partial charge in [0.15, 0.2) is 0 Å².